The number of carbonyl (C=O) groups excluding carboxylic acids is 1. The van der Waals surface area contributed by atoms with Gasteiger partial charge in [0.25, 0.3) is 0 Å². The second kappa shape index (κ2) is 5.85. The molecule has 1 fully saturated rings. The molecule has 1 aromatic carbocycles. The van der Waals surface area contributed by atoms with E-state index < -0.39 is 0 Å². The predicted octanol–water partition coefficient (Wildman–Crippen LogP) is 2.15. The van der Waals surface area contributed by atoms with Crippen molar-refractivity contribution in [1.29, 1.82) is 5.26 Å². The van der Waals surface area contributed by atoms with Gasteiger partial charge in [0.1, 0.15) is 6.07 Å². The fourth-order valence-electron chi connectivity index (χ4n) is 2.01. The Labute approximate surface area is 111 Å². The van der Waals surface area contributed by atoms with E-state index >= 15 is 0 Å². The van der Waals surface area contributed by atoms with Crippen molar-refractivity contribution in [2.75, 3.05) is 18.4 Å². The summed E-state index contributed by atoms with van der Waals surface area (Å²) in [5.41, 5.74) is 0.989. The smallest absolute Gasteiger partial charge is 0.228 e. The summed E-state index contributed by atoms with van der Waals surface area (Å²) >= 11 is 5.84. The Morgan fingerprint density at radius 3 is 3.06 bits per heavy atom. The molecule has 2 rings (SSSR count). The third-order valence-electron chi connectivity index (χ3n) is 3.02. The lowest BCUT2D eigenvalue weighted by Gasteiger charge is -2.21. The highest BCUT2D eigenvalue weighted by Crippen LogP contribution is 2.21. The molecule has 94 valence electrons. The van der Waals surface area contributed by atoms with Crippen LogP contribution in [0.25, 0.3) is 0 Å². The summed E-state index contributed by atoms with van der Waals surface area (Å²) in [7, 11) is 0. The second-order valence-corrected chi connectivity index (χ2v) is 4.75. The van der Waals surface area contributed by atoms with E-state index in [1.54, 1.807) is 18.2 Å². The topological polar surface area (TPSA) is 64.9 Å². The molecule has 1 aromatic rings. The number of rotatable bonds is 2. The van der Waals surface area contributed by atoms with Crippen LogP contribution in [0.15, 0.2) is 18.2 Å². The Kier molecular flexibility index (Phi) is 4.19. The van der Waals surface area contributed by atoms with Gasteiger partial charge >= 0.3 is 0 Å². The summed E-state index contributed by atoms with van der Waals surface area (Å²) in [6, 6.07) is 6.91. The lowest BCUT2D eigenvalue weighted by Crippen LogP contribution is -2.37. The molecular weight excluding hydrogens is 250 g/mol. The SMILES string of the molecule is N#Cc1cc(NC(=O)C2CCCNC2)ccc1Cl. The minimum Gasteiger partial charge on any atom is -0.326 e. The monoisotopic (exact) mass is 263 g/mol. The van der Waals surface area contributed by atoms with Crippen molar-refractivity contribution in [3.8, 4) is 6.07 Å². The summed E-state index contributed by atoms with van der Waals surface area (Å²) < 4.78 is 0. The van der Waals surface area contributed by atoms with Crippen LogP contribution in [0.3, 0.4) is 0 Å². The first-order chi connectivity index (χ1) is 8.70. The van der Waals surface area contributed by atoms with E-state index in [2.05, 4.69) is 10.6 Å². The maximum atomic E-state index is 12.0. The van der Waals surface area contributed by atoms with E-state index in [4.69, 9.17) is 16.9 Å². The number of halogens is 1. The van der Waals surface area contributed by atoms with Crippen molar-refractivity contribution in [1.82, 2.24) is 5.32 Å². The molecule has 1 atom stereocenters. The summed E-state index contributed by atoms with van der Waals surface area (Å²) in [4.78, 5) is 12.0. The molecule has 2 N–H and O–H groups in total. The van der Waals surface area contributed by atoms with Gasteiger partial charge in [0.2, 0.25) is 5.91 Å². The number of piperidine rings is 1. The zero-order valence-corrected chi connectivity index (χ0v) is 10.6. The molecule has 0 aliphatic carbocycles. The van der Waals surface area contributed by atoms with Gasteiger partial charge in [-0.3, -0.25) is 4.79 Å². The van der Waals surface area contributed by atoms with Crippen LogP contribution in [0.5, 0.6) is 0 Å². The zero-order chi connectivity index (χ0) is 13.0. The van der Waals surface area contributed by atoms with E-state index in [-0.39, 0.29) is 11.8 Å². The predicted molar refractivity (Wildman–Crippen MR) is 70.4 cm³/mol. The number of carbonyl (C=O) groups is 1. The van der Waals surface area contributed by atoms with Crippen LogP contribution in [-0.4, -0.2) is 19.0 Å². The zero-order valence-electron chi connectivity index (χ0n) is 9.87. The normalized spacial score (nSPS) is 19.0. The van der Waals surface area contributed by atoms with Gasteiger partial charge in [0, 0.05) is 12.2 Å². The van der Waals surface area contributed by atoms with Crippen LogP contribution in [0.4, 0.5) is 5.69 Å². The molecule has 1 unspecified atom stereocenters. The van der Waals surface area contributed by atoms with Crippen molar-refractivity contribution < 1.29 is 4.79 Å². The van der Waals surface area contributed by atoms with Crippen molar-refractivity contribution in [2.24, 2.45) is 5.92 Å². The first-order valence-corrected chi connectivity index (χ1v) is 6.29. The van der Waals surface area contributed by atoms with Gasteiger partial charge in [-0.15, -0.1) is 0 Å². The van der Waals surface area contributed by atoms with Crippen LogP contribution in [-0.2, 0) is 4.79 Å². The minimum absolute atomic E-state index is 0.0000335. The number of hydrogen-bond acceptors (Lipinski definition) is 3. The maximum absolute atomic E-state index is 12.0. The number of nitrogens with zero attached hydrogens (tertiary/aromatic N) is 1. The fourth-order valence-corrected chi connectivity index (χ4v) is 2.17. The van der Waals surface area contributed by atoms with Gasteiger partial charge in [0.05, 0.1) is 16.5 Å². The maximum Gasteiger partial charge on any atom is 0.228 e. The van der Waals surface area contributed by atoms with Crippen LogP contribution >= 0.6 is 11.6 Å². The van der Waals surface area contributed by atoms with Gasteiger partial charge in [0.15, 0.2) is 0 Å². The number of amides is 1. The molecule has 4 nitrogen and oxygen atoms in total. The highest BCUT2D eigenvalue weighted by Gasteiger charge is 2.20. The summed E-state index contributed by atoms with van der Waals surface area (Å²) in [5, 5.41) is 15.3. The van der Waals surface area contributed by atoms with Crippen LogP contribution in [0, 0.1) is 17.2 Å². The number of nitrogens with one attached hydrogen (secondary N) is 2. The Hall–Kier alpha value is -1.57. The highest BCUT2D eigenvalue weighted by molar-refractivity contribution is 6.31. The average molecular weight is 264 g/mol. The summed E-state index contributed by atoms with van der Waals surface area (Å²) in [5.74, 6) is -0.00613. The van der Waals surface area contributed by atoms with Crippen molar-refractivity contribution in [3.05, 3.63) is 28.8 Å². The molecule has 1 saturated heterocycles. The molecule has 0 saturated carbocycles. The lowest BCUT2D eigenvalue weighted by molar-refractivity contribution is -0.120. The largest absolute Gasteiger partial charge is 0.326 e. The molecular formula is C13H14ClN3O. The molecule has 5 heteroatoms. The molecule has 1 heterocycles. The molecule has 0 bridgehead atoms. The summed E-state index contributed by atoms with van der Waals surface area (Å²) in [6.07, 6.45) is 1.92. The van der Waals surface area contributed by atoms with Gasteiger partial charge in [-0.05, 0) is 37.6 Å². The third kappa shape index (κ3) is 3.00. The van der Waals surface area contributed by atoms with E-state index in [1.807, 2.05) is 6.07 Å². The molecule has 0 aromatic heterocycles. The number of hydrogen-bond donors (Lipinski definition) is 2. The Morgan fingerprint density at radius 1 is 1.56 bits per heavy atom. The first kappa shape index (κ1) is 12.9. The molecule has 18 heavy (non-hydrogen) atoms. The summed E-state index contributed by atoms with van der Waals surface area (Å²) in [6.45, 7) is 1.69. The molecule has 1 aliphatic rings. The van der Waals surface area contributed by atoms with E-state index in [0.29, 0.717) is 22.8 Å². The Bertz CT molecular complexity index is 489. The van der Waals surface area contributed by atoms with Gasteiger partial charge in [-0.2, -0.15) is 5.26 Å². The van der Waals surface area contributed by atoms with E-state index in [1.165, 1.54) is 0 Å². The Morgan fingerprint density at radius 2 is 2.39 bits per heavy atom. The van der Waals surface area contributed by atoms with E-state index in [0.717, 1.165) is 19.4 Å². The minimum atomic E-state index is -0.00610. The number of benzene rings is 1. The van der Waals surface area contributed by atoms with Crippen LogP contribution in [0.1, 0.15) is 18.4 Å². The van der Waals surface area contributed by atoms with Crippen molar-refractivity contribution >= 4 is 23.2 Å². The molecule has 1 aliphatic heterocycles. The average Bonchev–Trinajstić information content (AvgIpc) is 2.42. The standard InChI is InChI=1S/C13H14ClN3O/c14-12-4-3-11(6-10(12)7-15)17-13(18)9-2-1-5-16-8-9/h3-4,6,9,16H,1-2,5,8H2,(H,17,18). The lowest BCUT2D eigenvalue weighted by atomic mass is 9.99. The quantitative estimate of drug-likeness (QED) is 0.859. The highest BCUT2D eigenvalue weighted by atomic mass is 35.5. The molecule has 1 amide bonds. The van der Waals surface area contributed by atoms with E-state index in [9.17, 15) is 4.79 Å². The van der Waals surface area contributed by atoms with Gasteiger partial charge in [-0.1, -0.05) is 11.6 Å². The van der Waals surface area contributed by atoms with Crippen LogP contribution < -0.4 is 10.6 Å². The van der Waals surface area contributed by atoms with Gasteiger partial charge < -0.3 is 10.6 Å². The number of nitriles is 1. The Balaban J connectivity index is 2.05. The first-order valence-electron chi connectivity index (χ1n) is 5.92. The van der Waals surface area contributed by atoms with Gasteiger partial charge in [-0.25, -0.2) is 0 Å². The molecule has 0 radical (unpaired) electrons. The third-order valence-corrected chi connectivity index (χ3v) is 3.35. The van der Waals surface area contributed by atoms with Crippen molar-refractivity contribution in [2.45, 2.75) is 12.8 Å². The molecule has 0 spiro atoms. The van der Waals surface area contributed by atoms with Crippen LogP contribution in [0.2, 0.25) is 5.02 Å². The van der Waals surface area contributed by atoms with Crippen molar-refractivity contribution in [3.63, 3.8) is 0 Å². The second-order valence-electron chi connectivity index (χ2n) is 4.34. The fraction of sp³-hybridized carbons (Fsp3) is 0.385. The number of anilines is 1.